The molecular weight excluding hydrogens is 472 g/mol. The molecule has 3 rings (SSSR count). The Morgan fingerprint density at radius 3 is 2.74 bits per heavy atom. The number of ether oxygens (including phenoxy) is 3. The van der Waals surface area contributed by atoms with Crippen LogP contribution in [0.2, 0.25) is 5.02 Å². The molecule has 0 aromatic heterocycles. The Kier molecular flexibility index (Phi) is 10.6. The Labute approximate surface area is 211 Å². The van der Waals surface area contributed by atoms with Crippen molar-refractivity contribution >= 4 is 23.5 Å². The van der Waals surface area contributed by atoms with E-state index in [0.29, 0.717) is 52.8 Å². The van der Waals surface area contributed by atoms with Crippen molar-refractivity contribution in [2.24, 2.45) is 5.73 Å². The molecule has 0 bridgehead atoms. The average Bonchev–Trinajstić information content (AvgIpc) is 2.86. The van der Waals surface area contributed by atoms with E-state index in [1.165, 1.54) is 7.11 Å². The first-order valence-corrected chi connectivity index (χ1v) is 12.2. The van der Waals surface area contributed by atoms with Crippen LogP contribution in [0.4, 0.5) is 0 Å². The van der Waals surface area contributed by atoms with E-state index in [2.05, 4.69) is 15.5 Å². The summed E-state index contributed by atoms with van der Waals surface area (Å²) < 4.78 is 16.1. The summed E-state index contributed by atoms with van der Waals surface area (Å²) in [4.78, 5) is 28.8. The highest BCUT2D eigenvalue weighted by atomic mass is 35.5. The van der Waals surface area contributed by atoms with E-state index in [9.17, 15) is 9.59 Å². The fourth-order valence-corrected chi connectivity index (χ4v) is 4.56. The summed E-state index contributed by atoms with van der Waals surface area (Å²) >= 11 is 6.29. The lowest BCUT2D eigenvalue weighted by atomic mass is 9.80. The van der Waals surface area contributed by atoms with Gasteiger partial charge in [0.15, 0.2) is 0 Å². The zero-order valence-electron chi connectivity index (χ0n) is 20.4. The molecule has 10 heteroatoms. The lowest BCUT2D eigenvalue weighted by Crippen LogP contribution is -2.40. The molecule has 192 valence electrons. The van der Waals surface area contributed by atoms with Gasteiger partial charge in [0.05, 0.1) is 56.3 Å². The molecule has 4 N–H and O–H groups in total. The average molecular weight is 507 g/mol. The lowest BCUT2D eigenvalue weighted by molar-refractivity contribution is -0.136. The maximum Gasteiger partial charge on any atom is 0.336 e. The molecule has 2 heterocycles. The number of amides is 1. The molecule has 35 heavy (non-hydrogen) atoms. The number of nitrogens with zero attached hydrogens (tertiary/aromatic N) is 1. The first-order chi connectivity index (χ1) is 17.0. The number of hydrogen-bond acceptors (Lipinski definition) is 8. The molecule has 1 unspecified atom stereocenters. The van der Waals surface area contributed by atoms with Crippen LogP contribution < -0.4 is 16.4 Å². The highest BCUT2D eigenvalue weighted by Crippen LogP contribution is 2.39. The largest absolute Gasteiger partial charge is 0.466 e. The number of carbonyl (C=O) groups excluding carboxylic acids is 2. The summed E-state index contributed by atoms with van der Waals surface area (Å²) in [6, 6.07) is 7.16. The van der Waals surface area contributed by atoms with Gasteiger partial charge in [0, 0.05) is 36.9 Å². The molecule has 0 saturated carbocycles. The quantitative estimate of drug-likeness (QED) is 0.306. The van der Waals surface area contributed by atoms with Gasteiger partial charge in [-0.15, -0.1) is 0 Å². The number of nitrogens with one attached hydrogen (secondary N) is 2. The van der Waals surface area contributed by atoms with Crippen molar-refractivity contribution in [1.29, 1.82) is 0 Å². The fourth-order valence-electron chi connectivity index (χ4n) is 4.36. The fraction of sp³-hybridized carbons (Fsp3) is 0.520. The van der Waals surface area contributed by atoms with Crippen molar-refractivity contribution in [3.63, 3.8) is 0 Å². The number of rotatable bonds is 11. The molecule has 2 aliphatic rings. The number of benzene rings is 1. The predicted octanol–water partition coefficient (Wildman–Crippen LogP) is 1.54. The Bertz CT molecular complexity index is 959. The Hall–Kier alpha value is -2.43. The van der Waals surface area contributed by atoms with Crippen molar-refractivity contribution in [1.82, 2.24) is 15.5 Å². The van der Waals surface area contributed by atoms with Crippen LogP contribution in [-0.2, 0) is 23.8 Å². The van der Waals surface area contributed by atoms with Crippen LogP contribution >= 0.6 is 11.6 Å². The topological polar surface area (TPSA) is 115 Å². The lowest BCUT2D eigenvalue weighted by Gasteiger charge is -2.32. The number of esters is 1. The molecule has 0 aliphatic carbocycles. The molecule has 2 aliphatic heterocycles. The van der Waals surface area contributed by atoms with Gasteiger partial charge >= 0.3 is 5.97 Å². The number of morpholine rings is 1. The normalized spacial score (nSPS) is 18.9. The van der Waals surface area contributed by atoms with Gasteiger partial charge in [-0.25, -0.2) is 4.79 Å². The smallest absolute Gasteiger partial charge is 0.336 e. The maximum absolute atomic E-state index is 13.6. The van der Waals surface area contributed by atoms with Crippen LogP contribution in [0.3, 0.4) is 0 Å². The highest BCUT2D eigenvalue weighted by Gasteiger charge is 2.38. The maximum atomic E-state index is 13.6. The van der Waals surface area contributed by atoms with Crippen molar-refractivity contribution in [2.75, 3.05) is 66.3 Å². The summed E-state index contributed by atoms with van der Waals surface area (Å²) in [7, 11) is 1.33. The Morgan fingerprint density at radius 1 is 1.29 bits per heavy atom. The first-order valence-electron chi connectivity index (χ1n) is 11.9. The molecule has 1 aromatic rings. The molecular formula is C25H35ClN4O5. The van der Waals surface area contributed by atoms with Gasteiger partial charge in [-0.2, -0.15) is 0 Å². The van der Waals surface area contributed by atoms with Gasteiger partial charge in [0.1, 0.15) is 0 Å². The molecule has 1 saturated heterocycles. The van der Waals surface area contributed by atoms with Crippen LogP contribution in [0.25, 0.3) is 0 Å². The third-order valence-corrected chi connectivity index (χ3v) is 6.26. The van der Waals surface area contributed by atoms with Gasteiger partial charge in [-0.05, 0) is 37.6 Å². The Balaban J connectivity index is 1.88. The summed E-state index contributed by atoms with van der Waals surface area (Å²) in [6.07, 6.45) is 0.798. The van der Waals surface area contributed by atoms with Crippen molar-refractivity contribution < 1.29 is 23.8 Å². The summed E-state index contributed by atoms with van der Waals surface area (Å²) in [5, 5.41) is 6.75. The Morgan fingerprint density at radius 2 is 2.06 bits per heavy atom. The van der Waals surface area contributed by atoms with Crippen molar-refractivity contribution in [3.05, 3.63) is 57.4 Å². The van der Waals surface area contributed by atoms with Gasteiger partial charge in [0.25, 0.3) is 0 Å². The molecule has 0 radical (unpaired) electrons. The molecule has 1 aromatic carbocycles. The predicted molar refractivity (Wildman–Crippen MR) is 134 cm³/mol. The minimum Gasteiger partial charge on any atom is -0.466 e. The van der Waals surface area contributed by atoms with Crippen LogP contribution in [0, 0.1) is 0 Å². The molecule has 9 nitrogen and oxygen atoms in total. The number of hydrogen-bond donors (Lipinski definition) is 3. The summed E-state index contributed by atoms with van der Waals surface area (Å²) in [5.41, 5.74) is 8.24. The van der Waals surface area contributed by atoms with E-state index in [0.717, 1.165) is 39.3 Å². The summed E-state index contributed by atoms with van der Waals surface area (Å²) in [6.45, 7) is 7.27. The van der Waals surface area contributed by atoms with E-state index in [1.54, 1.807) is 25.1 Å². The van der Waals surface area contributed by atoms with Crippen LogP contribution in [-0.4, -0.2) is 83.0 Å². The van der Waals surface area contributed by atoms with Crippen LogP contribution in [0.5, 0.6) is 0 Å². The van der Waals surface area contributed by atoms with E-state index < -0.39 is 11.9 Å². The standard InChI is InChI=1S/C25H35ClN4O5/c1-17-21(25(32)33-2)22(18-5-3-6-19(26)15-18)23(20(29-17)16-35-12-7-27)24(31)28-8-4-9-30-10-13-34-14-11-30/h3,5-6,15,22,29H,4,7-14,16,27H2,1-2H3,(H,28,31). The minimum atomic E-state index is -0.668. The van der Waals surface area contributed by atoms with E-state index in [-0.39, 0.29) is 12.5 Å². The SMILES string of the molecule is COC(=O)C1=C(C)NC(COCCN)=C(C(=O)NCCCN2CCOCC2)C1c1cccc(Cl)c1. The van der Waals surface area contributed by atoms with E-state index in [4.69, 9.17) is 31.5 Å². The summed E-state index contributed by atoms with van der Waals surface area (Å²) in [5.74, 6) is -1.46. The molecule has 1 atom stereocenters. The van der Waals surface area contributed by atoms with Crippen molar-refractivity contribution in [2.45, 2.75) is 19.3 Å². The second-order valence-corrected chi connectivity index (χ2v) is 8.88. The second kappa shape index (κ2) is 13.6. The monoisotopic (exact) mass is 506 g/mol. The minimum absolute atomic E-state index is 0.149. The number of halogens is 1. The van der Waals surface area contributed by atoms with Gasteiger partial charge in [-0.1, -0.05) is 23.7 Å². The first kappa shape index (κ1) is 27.2. The number of carbonyl (C=O) groups is 2. The highest BCUT2D eigenvalue weighted by molar-refractivity contribution is 6.30. The van der Waals surface area contributed by atoms with E-state index in [1.807, 2.05) is 6.07 Å². The third kappa shape index (κ3) is 7.28. The molecule has 1 fully saturated rings. The van der Waals surface area contributed by atoms with Gasteiger partial charge < -0.3 is 30.6 Å². The van der Waals surface area contributed by atoms with Gasteiger partial charge in [-0.3, -0.25) is 9.69 Å². The van der Waals surface area contributed by atoms with Crippen LogP contribution in [0.15, 0.2) is 46.8 Å². The van der Waals surface area contributed by atoms with Crippen molar-refractivity contribution in [3.8, 4) is 0 Å². The van der Waals surface area contributed by atoms with Gasteiger partial charge in [0.2, 0.25) is 5.91 Å². The second-order valence-electron chi connectivity index (χ2n) is 8.44. The zero-order valence-corrected chi connectivity index (χ0v) is 21.2. The number of allylic oxidation sites excluding steroid dienone is 1. The number of dihydropyridines is 1. The molecule has 0 spiro atoms. The van der Waals surface area contributed by atoms with E-state index >= 15 is 0 Å². The van der Waals surface area contributed by atoms with Crippen LogP contribution in [0.1, 0.15) is 24.8 Å². The molecule has 1 amide bonds. The number of nitrogens with two attached hydrogens (primary N) is 1. The third-order valence-electron chi connectivity index (χ3n) is 6.03. The number of methoxy groups -OCH3 is 1. The zero-order chi connectivity index (χ0) is 25.2.